The maximum absolute atomic E-state index is 13.1. The van der Waals surface area contributed by atoms with Crippen molar-refractivity contribution in [2.45, 2.75) is 12.5 Å². The van der Waals surface area contributed by atoms with Gasteiger partial charge >= 0.3 is 0 Å². The minimum atomic E-state index is -0.706. The van der Waals surface area contributed by atoms with Crippen LogP contribution >= 0.6 is 0 Å². The number of aliphatic hydroxyl groups is 1. The van der Waals surface area contributed by atoms with Crippen LogP contribution in [-0.4, -0.2) is 67.0 Å². The first-order valence-electron chi connectivity index (χ1n) is 11.5. The van der Waals surface area contributed by atoms with E-state index in [1.807, 2.05) is 31.1 Å². The molecule has 1 saturated heterocycles. The number of rotatable bonds is 12. The van der Waals surface area contributed by atoms with Crippen molar-refractivity contribution in [2.75, 3.05) is 40.4 Å². The van der Waals surface area contributed by atoms with Crippen LogP contribution in [0, 0.1) is 0 Å². The molecule has 0 spiro atoms. The normalized spacial score (nSPS) is 17.0. The van der Waals surface area contributed by atoms with Crippen LogP contribution in [0.5, 0.6) is 11.5 Å². The largest absolute Gasteiger partial charge is 0.507 e. The van der Waals surface area contributed by atoms with Gasteiger partial charge in [-0.05, 0) is 69.0 Å². The molecule has 1 aliphatic rings. The van der Waals surface area contributed by atoms with Crippen LogP contribution in [0.1, 0.15) is 23.6 Å². The van der Waals surface area contributed by atoms with Gasteiger partial charge in [0.15, 0.2) is 0 Å². The van der Waals surface area contributed by atoms with Crippen LogP contribution in [0.15, 0.2) is 79.4 Å². The smallest absolute Gasteiger partial charge is 0.295 e. The third-order valence-corrected chi connectivity index (χ3v) is 5.60. The van der Waals surface area contributed by atoms with Crippen molar-refractivity contribution in [1.82, 2.24) is 9.80 Å². The standard InChI is InChI=1S/C28H32N2O5/c1-5-18-34-22-12-8-20(9-13-22)25-24(27(32)28(33)30(25)17-7-16-29(3)4)26(31)21-10-14-23(15-11-21)35-19-6-2/h5-6,8-15,25,31H,1-2,7,16-19H2,3-4H3/b26-24+/t25-/m1/s1. The van der Waals surface area contributed by atoms with E-state index in [1.54, 1.807) is 53.5 Å². The van der Waals surface area contributed by atoms with E-state index in [2.05, 4.69) is 13.2 Å². The predicted molar refractivity (Wildman–Crippen MR) is 136 cm³/mol. The van der Waals surface area contributed by atoms with E-state index in [4.69, 9.17) is 9.47 Å². The highest BCUT2D eigenvalue weighted by molar-refractivity contribution is 6.46. The van der Waals surface area contributed by atoms with Crippen molar-refractivity contribution < 1.29 is 24.2 Å². The number of ether oxygens (including phenoxy) is 2. The number of Topliss-reactive ketones (excluding diaryl/α,β-unsaturated/α-hetero) is 1. The summed E-state index contributed by atoms with van der Waals surface area (Å²) in [5, 5.41) is 11.2. The molecule has 35 heavy (non-hydrogen) atoms. The number of ketones is 1. The van der Waals surface area contributed by atoms with E-state index in [0.717, 1.165) is 6.54 Å². The van der Waals surface area contributed by atoms with Gasteiger partial charge in [0.05, 0.1) is 11.6 Å². The number of benzene rings is 2. The highest BCUT2D eigenvalue weighted by Crippen LogP contribution is 2.40. The average molecular weight is 477 g/mol. The summed E-state index contributed by atoms with van der Waals surface area (Å²) < 4.78 is 11.1. The second-order valence-corrected chi connectivity index (χ2v) is 8.44. The Morgan fingerprint density at radius 2 is 1.51 bits per heavy atom. The van der Waals surface area contributed by atoms with Gasteiger partial charge in [-0.3, -0.25) is 9.59 Å². The van der Waals surface area contributed by atoms with Crippen molar-refractivity contribution in [3.63, 3.8) is 0 Å². The number of amides is 1. The number of carbonyl (C=O) groups excluding carboxylic acids is 2. The van der Waals surface area contributed by atoms with Crippen LogP contribution in [0.4, 0.5) is 0 Å². The molecule has 7 heteroatoms. The van der Waals surface area contributed by atoms with Gasteiger partial charge in [-0.2, -0.15) is 0 Å². The number of aliphatic hydroxyl groups excluding tert-OH is 1. The topological polar surface area (TPSA) is 79.3 Å². The molecule has 3 rings (SSSR count). The minimum absolute atomic E-state index is 0.0689. The Bertz CT molecular complexity index is 1090. The number of nitrogens with zero attached hydrogens (tertiary/aromatic N) is 2. The monoisotopic (exact) mass is 476 g/mol. The van der Waals surface area contributed by atoms with Crippen molar-refractivity contribution in [3.05, 3.63) is 90.5 Å². The quantitative estimate of drug-likeness (QED) is 0.214. The summed E-state index contributed by atoms with van der Waals surface area (Å²) in [5.41, 5.74) is 1.21. The van der Waals surface area contributed by atoms with Crippen LogP contribution in [0.25, 0.3) is 5.76 Å². The van der Waals surface area contributed by atoms with E-state index in [-0.39, 0.29) is 11.3 Å². The molecule has 2 aromatic carbocycles. The zero-order valence-electron chi connectivity index (χ0n) is 20.3. The Morgan fingerprint density at radius 3 is 2.03 bits per heavy atom. The fraction of sp³-hybridized carbons (Fsp3) is 0.286. The van der Waals surface area contributed by atoms with Crippen LogP contribution in [-0.2, 0) is 9.59 Å². The molecule has 0 aromatic heterocycles. The Kier molecular flexibility index (Phi) is 8.86. The first-order valence-corrected chi connectivity index (χ1v) is 11.5. The van der Waals surface area contributed by atoms with Gasteiger partial charge in [0.25, 0.3) is 11.7 Å². The zero-order chi connectivity index (χ0) is 25.4. The van der Waals surface area contributed by atoms with Gasteiger partial charge in [0.1, 0.15) is 30.5 Å². The minimum Gasteiger partial charge on any atom is -0.507 e. The van der Waals surface area contributed by atoms with Gasteiger partial charge in [0.2, 0.25) is 0 Å². The molecule has 1 aliphatic heterocycles. The molecule has 184 valence electrons. The fourth-order valence-electron chi connectivity index (χ4n) is 3.94. The number of hydrogen-bond acceptors (Lipinski definition) is 6. The third-order valence-electron chi connectivity index (χ3n) is 5.60. The summed E-state index contributed by atoms with van der Waals surface area (Å²) in [4.78, 5) is 29.7. The Balaban J connectivity index is 2.00. The molecule has 0 aliphatic carbocycles. The third kappa shape index (κ3) is 6.19. The summed E-state index contributed by atoms with van der Waals surface area (Å²) >= 11 is 0. The molecular weight excluding hydrogens is 444 g/mol. The van der Waals surface area contributed by atoms with E-state index in [0.29, 0.717) is 48.8 Å². The molecule has 0 radical (unpaired) electrons. The van der Waals surface area contributed by atoms with E-state index in [9.17, 15) is 14.7 Å². The molecule has 1 N–H and O–H groups in total. The summed E-state index contributed by atoms with van der Waals surface area (Å²) in [7, 11) is 3.91. The predicted octanol–water partition coefficient (Wildman–Crippen LogP) is 4.19. The second-order valence-electron chi connectivity index (χ2n) is 8.44. The molecule has 1 heterocycles. The maximum Gasteiger partial charge on any atom is 0.295 e. The highest BCUT2D eigenvalue weighted by atomic mass is 16.5. The number of carbonyl (C=O) groups is 2. The van der Waals surface area contributed by atoms with Crippen LogP contribution in [0.3, 0.4) is 0 Å². The van der Waals surface area contributed by atoms with Crippen LogP contribution < -0.4 is 9.47 Å². The summed E-state index contributed by atoms with van der Waals surface area (Å²) in [6.07, 6.45) is 3.98. The Labute approximate surface area is 206 Å². The maximum atomic E-state index is 13.1. The van der Waals surface area contributed by atoms with E-state index < -0.39 is 17.7 Å². The second kappa shape index (κ2) is 12.0. The lowest BCUT2D eigenvalue weighted by atomic mass is 9.95. The van der Waals surface area contributed by atoms with Crippen molar-refractivity contribution in [1.29, 1.82) is 0 Å². The van der Waals surface area contributed by atoms with Gasteiger partial charge in [0, 0.05) is 12.1 Å². The van der Waals surface area contributed by atoms with E-state index >= 15 is 0 Å². The van der Waals surface area contributed by atoms with Crippen LogP contribution in [0.2, 0.25) is 0 Å². The number of likely N-dealkylation sites (tertiary alicyclic amines) is 1. The molecule has 0 unspecified atom stereocenters. The molecule has 7 nitrogen and oxygen atoms in total. The lowest BCUT2D eigenvalue weighted by Gasteiger charge is -2.26. The van der Waals surface area contributed by atoms with Gasteiger partial charge in [-0.25, -0.2) is 0 Å². The average Bonchev–Trinajstić information content (AvgIpc) is 3.11. The molecule has 1 atom stereocenters. The Morgan fingerprint density at radius 1 is 0.971 bits per heavy atom. The molecule has 1 fully saturated rings. The van der Waals surface area contributed by atoms with Gasteiger partial charge in [-0.15, -0.1) is 0 Å². The zero-order valence-corrected chi connectivity index (χ0v) is 20.3. The molecule has 2 aromatic rings. The summed E-state index contributed by atoms with van der Waals surface area (Å²) in [5.74, 6) is -0.277. The first kappa shape index (κ1) is 25.8. The van der Waals surface area contributed by atoms with Gasteiger partial charge in [-0.1, -0.05) is 37.4 Å². The van der Waals surface area contributed by atoms with Crippen molar-refractivity contribution in [3.8, 4) is 11.5 Å². The lowest BCUT2D eigenvalue weighted by molar-refractivity contribution is -0.139. The summed E-state index contributed by atoms with van der Waals surface area (Å²) in [6, 6.07) is 13.2. The van der Waals surface area contributed by atoms with Gasteiger partial charge < -0.3 is 24.4 Å². The molecule has 0 saturated carbocycles. The van der Waals surface area contributed by atoms with Crippen molar-refractivity contribution >= 4 is 17.4 Å². The lowest BCUT2D eigenvalue weighted by Crippen LogP contribution is -2.32. The first-order chi connectivity index (χ1) is 16.9. The molecular formula is C28H32N2O5. The highest BCUT2D eigenvalue weighted by Gasteiger charge is 2.45. The summed E-state index contributed by atoms with van der Waals surface area (Å²) in [6.45, 7) is 9.14. The molecule has 1 amide bonds. The fourth-order valence-corrected chi connectivity index (χ4v) is 3.94. The Hall–Kier alpha value is -3.84. The van der Waals surface area contributed by atoms with Crippen molar-refractivity contribution in [2.24, 2.45) is 0 Å². The number of hydrogen-bond donors (Lipinski definition) is 1. The molecule has 0 bridgehead atoms. The van der Waals surface area contributed by atoms with E-state index in [1.165, 1.54) is 0 Å². The SMILES string of the molecule is C=CCOc1ccc(/C(O)=C2\C(=O)C(=O)N(CCCN(C)C)[C@@H]2c2ccc(OCC=C)cc2)cc1.